The Kier molecular flexibility index (Phi) is 8.22. The highest BCUT2D eigenvalue weighted by molar-refractivity contribution is 6.24. The average Bonchev–Trinajstić information content (AvgIpc) is 3.37. The zero-order chi connectivity index (χ0) is 42.1. The Hall–Kier alpha value is -8.53. The summed E-state index contributed by atoms with van der Waals surface area (Å²) in [6.45, 7) is 0. The van der Waals surface area contributed by atoms with Crippen LogP contribution < -0.4 is 0 Å². The van der Waals surface area contributed by atoms with Crippen LogP contribution in [0.2, 0.25) is 0 Å². The molecule has 13 aromatic rings. The van der Waals surface area contributed by atoms with Crippen LogP contribution in [0.1, 0.15) is 0 Å². The molecule has 0 bridgehead atoms. The molecule has 0 N–H and O–H groups in total. The first-order chi connectivity index (χ1) is 31.7. The van der Waals surface area contributed by atoms with Crippen LogP contribution in [0.25, 0.3) is 131 Å². The molecule has 2 heterocycles. The van der Waals surface area contributed by atoms with Crippen molar-refractivity contribution in [1.29, 1.82) is 0 Å². The van der Waals surface area contributed by atoms with Gasteiger partial charge in [-0.05, 0) is 152 Å². The Bertz CT molecular complexity index is 4040. The van der Waals surface area contributed by atoms with Gasteiger partial charge in [-0.15, -0.1) is 0 Å². The maximum absolute atomic E-state index is 5.24. The quantitative estimate of drug-likeness (QED) is 0.163. The lowest BCUT2D eigenvalue weighted by Crippen LogP contribution is -1.94. The van der Waals surface area contributed by atoms with Gasteiger partial charge in [0.15, 0.2) is 5.82 Å². The normalized spacial score (nSPS) is 11.8. The number of nitrogens with zero attached hydrogens (tertiary/aromatic N) is 3. The molecule has 64 heavy (non-hydrogen) atoms. The number of benzene rings is 11. The second kappa shape index (κ2) is 14.5. The van der Waals surface area contributed by atoms with E-state index < -0.39 is 0 Å². The Morgan fingerprint density at radius 3 is 1.50 bits per heavy atom. The van der Waals surface area contributed by atoms with Gasteiger partial charge in [0.2, 0.25) is 0 Å². The largest absolute Gasteiger partial charge is 0.264 e. The molecule has 0 aliphatic heterocycles. The molecule has 11 aromatic carbocycles. The number of fused-ring (bicyclic) bond motifs is 11. The SMILES string of the molecule is c1cc(-c2cccc(-c3cc(-c4cc5ccc6ccccc6c5c5ccccc45)cc4ccncc34)c2)cc(-c2ccnc(-c3cc4ccc5ccccc5c4c4ccccc34)n2)c1. The van der Waals surface area contributed by atoms with Crippen molar-refractivity contribution < 1.29 is 0 Å². The van der Waals surface area contributed by atoms with Crippen molar-refractivity contribution >= 4 is 75.4 Å². The number of aromatic nitrogens is 3. The molecule has 0 fully saturated rings. The smallest absolute Gasteiger partial charge is 0.160 e. The predicted molar refractivity (Wildman–Crippen MR) is 270 cm³/mol. The van der Waals surface area contributed by atoms with E-state index in [2.05, 4.69) is 205 Å². The highest BCUT2D eigenvalue weighted by atomic mass is 14.9. The van der Waals surface area contributed by atoms with Crippen molar-refractivity contribution in [3.8, 4) is 56.0 Å². The summed E-state index contributed by atoms with van der Waals surface area (Å²) in [6.07, 6.45) is 5.78. The second-order valence-corrected chi connectivity index (χ2v) is 16.8. The molecular formula is C61H37N3. The molecule has 0 spiro atoms. The van der Waals surface area contributed by atoms with Gasteiger partial charge in [-0.25, -0.2) is 9.97 Å². The lowest BCUT2D eigenvalue weighted by atomic mass is 9.88. The minimum atomic E-state index is 0.712. The molecule has 0 atom stereocenters. The highest BCUT2D eigenvalue weighted by Crippen LogP contribution is 2.43. The molecule has 3 nitrogen and oxygen atoms in total. The summed E-state index contributed by atoms with van der Waals surface area (Å²) < 4.78 is 0. The average molecular weight is 812 g/mol. The molecule has 2 aromatic heterocycles. The van der Waals surface area contributed by atoms with E-state index >= 15 is 0 Å². The van der Waals surface area contributed by atoms with E-state index in [1.54, 1.807) is 0 Å². The lowest BCUT2D eigenvalue weighted by Gasteiger charge is -2.16. The van der Waals surface area contributed by atoms with E-state index in [-0.39, 0.29) is 0 Å². The van der Waals surface area contributed by atoms with Crippen LogP contribution in [-0.2, 0) is 0 Å². The van der Waals surface area contributed by atoms with Gasteiger partial charge in [0.1, 0.15) is 0 Å². The van der Waals surface area contributed by atoms with Crippen LogP contribution in [0.15, 0.2) is 225 Å². The van der Waals surface area contributed by atoms with Crippen LogP contribution in [0.3, 0.4) is 0 Å². The molecular weight excluding hydrogens is 775 g/mol. The molecule has 3 heteroatoms. The van der Waals surface area contributed by atoms with Crippen molar-refractivity contribution in [3.05, 3.63) is 225 Å². The Morgan fingerprint density at radius 1 is 0.281 bits per heavy atom. The van der Waals surface area contributed by atoms with Crippen molar-refractivity contribution in [2.75, 3.05) is 0 Å². The number of hydrogen-bond donors (Lipinski definition) is 0. The van der Waals surface area contributed by atoms with Crippen molar-refractivity contribution in [3.63, 3.8) is 0 Å². The van der Waals surface area contributed by atoms with E-state index in [0.717, 1.165) is 55.2 Å². The molecule has 0 amide bonds. The highest BCUT2D eigenvalue weighted by Gasteiger charge is 2.17. The maximum Gasteiger partial charge on any atom is 0.160 e. The van der Waals surface area contributed by atoms with E-state index in [1.807, 2.05) is 24.7 Å². The molecule has 0 radical (unpaired) electrons. The zero-order valence-corrected chi connectivity index (χ0v) is 34.7. The third kappa shape index (κ3) is 5.86. The Labute approximate surface area is 369 Å². The fourth-order valence-corrected chi connectivity index (χ4v) is 10.1. The van der Waals surface area contributed by atoms with Crippen LogP contribution in [0, 0.1) is 0 Å². The first-order valence-electron chi connectivity index (χ1n) is 21.8. The van der Waals surface area contributed by atoms with Gasteiger partial charge in [-0.2, -0.15) is 0 Å². The summed E-state index contributed by atoms with van der Waals surface area (Å²) in [7, 11) is 0. The molecule has 0 saturated heterocycles. The van der Waals surface area contributed by atoms with Crippen LogP contribution in [0.5, 0.6) is 0 Å². The summed E-state index contributed by atoms with van der Waals surface area (Å²) in [5.41, 5.74) is 9.88. The second-order valence-electron chi connectivity index (χ2n) is 16.8. The van der Waals surface area contributed by atoms with Gasteiger partial charge in [-0.3, -0.25) is 4.98 Å². The molecule has 0 aliphatic rings. The van der Waals surface area contributed by atoms with E-state index in [1.165, 1.54) is 70.4 Å². The number of hydrogen-bond acceptors (Lipinski definition) is 3. The predicted octanol–water partition coefficient (Wildman–Crippen LogP) is 16.3. The van der Waals surface area contributed by atoms with Crippen LogP contribution >= 0.6 is 0 Å². The van der Waals surface area contributed by atoms with Gasteiger partial charge in [-0.1, -0.05) is 158 Å². The molecule has 0 saturated carbocycles. The van der Waals surface area contributed by atoms with E-state index in [0.29, 0.717) is 5.82 Å². The van der Waals surface area contributed by atoms with Gasteiger partial charge in [0.25, 0.3) is 0 Å². The fourth-order valence-electron chi connectivity index (χ4n) is 10.1. The summed E-state index contributed by atoms with van der Waals surface area (Å²) in [4.78, 5) is 14.7. The molecule has 0 unspecified atom stereocenters. The van der Waals surface area contributed by atoms with Gasteiger partial charge in [0, 0.05) is 35.1 Å². The summed E-state index contributed by atoms with van der Waals surface area (Å²) >= 11 is 0. The molecule has 296 valence electrons. The van der Waals surface area contributed by atoms with Gasteiger partial charge in [0.05, 0.1) is 5.69 Å². The van der Waals surface area contributed by atoms with Crippen LogP contribution in [0.4, 0.5) is 0 Å². The van der Waals surface area contributed by atoms with E-state index in [4.69, 9.17) is 9.97 Å². The monoisotopic (exact) mass is 811 g/mol. The lowest BCUT2D eigenvalue weighted by molar-refractivity contribution is 1.18. The number of rotatable bonds is 5. The van der Waals surface area contributed by atoms with Crippen molar-refractivity contribution in [2.24, 2.45) is 0 Å². The standard InChI is InChI=1S/C61H37N3/c1-3-17-48-38(11-1)23-25-45-34-55(50-19-5-7-21-52(50)59(45)48)47-33-43-27-29-62-37-57(43)54(36-47)42-15-9-13-40(31-42)41-14-10-16-44(32-41)58-28-30-63-61(64-58)56-35-46-26-24-39-12-2-4-18-49(39)60(46)53-22-8-6-20-51(53)56/h1-37H. The minimum absolute atomic E-state index is 0.712. The third-order valence-electron chi connectivity index (χ3n) is 13.1. The Morgan fingerprint density at radius 2 is 0.812 bits per heavy atom. The molecule has 0 aliphatic carbocycles. The van der Waals surface area contributed by atoms with E-state index in [9.17, 15) is 0 Å². The van der Waals surface area contributed by atoms with Gasteiger partial charge >= 0.3 is 0 Å². The third-order valence-corrected chi connectivity index (χ3v) is 13.1. The van der Waals surface area contributed by atoms with Crippen LogP contribution in [-0.4, -0.2) is 15.0 Å². The van der Waals surface area contributed by atoms with Gasteiger partial charge < -0.3 is 0 Å². The van der Waals surface area contributed by atoms with Crippen molar-refractivity contribution in [2.45, 2.75) is 0 Å². The Balaban J connectivity index is 0.909. The zero-order valence-electron chi connectivity index (χ0n) is 34.7. The molecule has 13 rings (SSSR count). The minimum Gasteiger partial charge on any atom is -0.264 e. The fraction of sp³-hybridized carbons (Fsp3) is 0. The summed E-state index contributed by atoms with van der Waals surface area (Å²) in [6, 6.07) is 74.8. The first kappa shape index (κ1) is 36.2. The maximum atomic E-state index is 5.24. The number of pyridine rings is 1. The first-order valence-corrected chi connectivity index (χ1v) is 21.8. The summed E-state index contributed by atoms with van der Waals surface area (Å²) in [5, 5.41) is 17.1. The van der Waals surface area contributed by atoms with Crippen molar-refractivity contribution in [1.82, 2.24) is 15.0 Å². The summed E-state index contributed by atoms with van der Waals surface area (Å²) in [5.74, 6) is 0.712. The topological polar surface area (TPSA) is 38.7 Å².